The first-order valence-corrected chi connectivity index (χ1v) is 7.49. The molecule has 0 aliphatic carbocycles. The Hall–Kier alpha value is -3.00. The van der Waals surface area contributed by atoms with Crippen molar-refractivity contribution in [2.45, 2.75) is 6.92 Å². The number of rotatable bonds is 3. The van der Waals surface area contributed by atoms with Gasteiger partial charge in [0.25, 0.3) is 11.8 Å². The molecule has 3 aromatic rings. The second-order valence-electron chi connectivity index (χ2n) is 4.55. The Kier molecular flexibility index (Phi) is 4.15. The van der Waals surface area contributed by atoms with E-state index in [4.69, 9.17) is 4.42 Å². The molecule has 116 valence electrons. The topological polar surface area (TPSA) is 97.1 Å². The van der Waals surface area contributed by atoms with Gasteiger partial charge in [-0.15, -0.1) is 11.3 Å². The number of thiazole rings is 1. The molecule has 3 aromatic heterocycles. The molecule has 0 saturated heterocycles. The highest BCUT2D eigenvalue weighted by atomic mass is 32.1. The molecule has 0 bridgehead atoms. The third-order valence-corrected chi connectivity index (χ3v) is 3.94. The molecule has 0 spiro atoms. The quantitative estimate of drug-likeness (QED) is 0.718. The molecule has 0 fully saturated rings. The van der Waals surface area contributed by atoms with Crippen LogP contribution in [0.2, 0.25) is 0 Å². The Labute approximate surface area is 135 Å². The van der Waals surface area contributed by atoms with Crippen molar-refractivity contribution in [3.05, 3.63) is 59.1 Å². The van der Waals surface area contributed by atoms with Crippen molar-refractivity contribution in [2.75, 3.05) is 0 Å². The second kappa shape index (κ2) is 6.41. The Morgan fingerprint density at radius 1 is 1.17 bits per heavy atom. The largest absolute Gasteiger partial charge is 0.462 e. The Morgan fingerprint density at radius 3 is 2.70 bits per heavy atom. The van der Waals surface area contributed by atoms with Crippen LogP contribution in [0.15, 0.2) is 47.3 Å². The number of aromatic nitrogens is 2. The molecule has 23 heavy (non-hydrogen) atoms. The third-order valence-electron chi connectivity index (χ3n) is 2.96. The van der Waals surface area contributed by atoms with Crippen LogP contribution >= 0.6 is 11.3 Å². The lowest BCUT2D eigenvalue weighted by Crippen LogP contribution is -2.42. The van der Waals surface area contributed by atoms with Crippen LogP contribution in [0, 0.1) is 6.92 Å². The molecule has 3 heterocycles. The zero-order valence-electron chi connectivity index (χ0n) is 12.1. The van der Waals surface area contributed by atoms with Gasteiger partial charge in [-0.25, -0.2) is 4.98 Å². The smallest absolute Gasteiger partial charge is 0.289 e. The van der Waals surface area contributed by atoms with E-state index in [1.54, 1.807) is 43.6 Å². The second-order valence-corrected chi connectivity index (χ2v) is 5.75. The van der Waals surface area contributed by atoms with Gasteiger partial charge in [0.15, 0.2) is 10.8 Å². The van der Waals surface area contributed by atoms with E-state index in [1.165, 1.54) is 17.5 Å². The van der Waals surface area contributed by atoms with Crippen LogP contribution in [0.5, 0.6) is 0 Å². The number of carbonyl (C=O) groups is 2. The molecule has 0 saturated carbocycles. The molecule has 8 heteroatoms. The summed E-state index contributed by atoms with van der Waals surface area (Å²) in [7, 11) is 0. The summed E-state index contributed by atoms with van der Waals surface area (Å²) in [5.41, 5.74) is 5.26. The first kappa shape index (κ1) is 14.9. The molecule has 7 nitrogen and oxygen atoms in total. The van der Waals surface area contributed by atoms with Crippen LogP contribution < -0.4 is 10.9 Å². The normalized spacial score (nSPS) is 10.3. The number of carbonyl (C=O) groups excluding carboxylic acids is 2. The highest BCUT2D eigenvalue weighted by Gasteiger charge is 2.18. The predicted octanol–water partition coefficient (Wildman–Crippen LogP) is 2.18. The predicted molar refractivity (Wildman–Crippen MR) is 83.7 cm³/mol. The average molecular weight is 328 g/mol. The minimum Gasteiger partial charge on any atom is -0.462 e. The lowest BCUT2D eigenvalue weighted by atomic mass is 10.3. The van der Waals surface area contributed by atoms with Crippen LogP contribution in [-0.4, -0.2) is 21.8 Å². The Morgan fingerprint density at radius 2 is 2.00 bits per heavy atom. The average Bonchev–Trinajstić information content (AvgIpc) is 3.22. The number of nitrogens with one attached hydrogen (secondary N) is 2. The summed E-state index contributed by atoms with van der Waals surface area (Å²) in [6, 6.07) is 6.75. The fourth-order valence-electron chi connectivity index (χ4n) is 1.85. The molecule has 0 atom stereocenters. The maximum absolute atomic E-state index is 12.2. The Bertz CT molecular complexity index is 828. The molecule has 2 N–H and O–H groups in total. The van der Waals surface area contributed by atoms with Gasteiger partial charge in [-0.1, -0.05) is 0 Å². The van der Waals surface area contributed by atoms with Gasteiger partial charge in [-0.3, -0.25) is 25.4 Å². The summed E-state index contributed by atoms with van der Waals surface area (Å²) >= 11 is 1.34. The van der Waals surface area contributed by atoms with Gasteiger partial charge < -0.3 is 4.42 Å². The van der Waals surface area contributed by atoms with Crippen molar-refractivity contribution in [3.8, 4) is 10.8 Å². The van der Waals surface area contributed by atoms with Crippen molar-refractivity contribution in [3.63, 3.8) is 0 Å². The van der Waals surface area contributed by atoms with Crippen molar-refractivity contribution in [1.82, 2.24) is 20.8 Å². The first-order chi connectivity index (χ1) is 11.1. The molecule has 0 radical (unpaired) electrons. The molecule has 0 unspecified atom stereocenters. The van der Waals surface area contributed by atoms with Crippen molar-refractivity contribution >= 4 is 23.2 Å². The van der Waals surface area contributed by atoms with Crippen molar-refractivity contribution < 1.29 is 14.0 Å². The first-order valence-electron chi connectivity index (χ1n) is 6.67. The zero-order chi connectivity index (χ0) is 16.2. The van der Waals surface area contributed by atoms with Gasteiger partial charge in [-0.05, 0) is 31.2 Å². The lowest BCUT2D eigenvalue weighted by molar-refractivity contribution is 0.0844. The van der Waals surface area contributed by atoms with Gasteiger partial charge in [0.05, 0.1) is 11.8 Å². The maximum atomic E-state index is 12.2. The van der Waals surface area contributed by atoms with Crippen molar-refractivity contribution in [2.24, 2.45) is 0 Å². The monoisotopic (exact) mass is 328 g/mol. The van der Waals surface area contributed by atoms with Crippen LogP contribution in [0.4, 0.5) is 0 Å². The summed E-state index contributed by atoms with van der Waals surface area (Å²) in [5, 5.41) is 0.608. The highest BCUT2D eigenvalue weighted by Crippen LogP contribution is 2.27. The van der Waals surface area contributed by atoms with E-state index >= 15 is 0 Å². The summed E-state index contributed by atoms with van der Waals surface area (Å²) in [6.45, 7) is 1.78. The minimum atomic E-state index is -0.492. The van der Waals surface area contributed by atoms with Crippen LogP contribution in [-0.2, 0) is 0 Å². The zero-order valence-corrected chi connectivity index (χ0v) is 12.9. The summed E-state index contributed by atoms with van der Waals surface area (Å²) in [6.07, 6.45) is 4.51. The molecular formula is C15H12N4O3S. The van der Waals surface area contributed by atoms with E-state index in [0.717, 1.165) is 4.88 Å². The number of aryl methyl sites for hydroxylation is 1. The lowest BCUT2D eigenvalue weighted by Gasteiger charge is -2.05. The third kappa shape index (κ3) is 3.27. The Balaban J connectivity index is 1.68. The molecule has 0 aromatic carbocycles. The van der Waals surface area contributed by atoms with Crippen LogP contribution in [0.25, 0.3) is 10.8 Å². The van der Waals surface area contributed by atoms with E-state index in [2.05, 4.69) is 20.8 Å². The van der Waals surface area contributed by atoms with Crippen molar-refractivity contribution in [1.29, 1.82) is 0 Å². The minimum absolute atomic E-state index is 0.243. The number of furan rings is 1. The maximum Gasteiger partial charge on any atom is 0.289 e. The van der Waals surface area contributed by atoms with Gasteiger partial charge in [0, 0.05) is 17.3 Å². The van der Waals surface area contributed by atoms with Crippen LogP contribution in [0.3, 0.4) is 0 Å². The molecule has 2 amide bonds. The standard InChI is InChI=1S/C15H12N4O3S/c1-9-12(17-15(23-9)11-5-3-7-22-11)14(21)19-18-13(20)10-4-2-6-16-8-10/h2-8H,1H3,(H,18,20)(H,19,21). The number of hydrazine groups is 1. The van der Waals surface area contributed by atoms with Gasteiger partial charge in [0.1, 0.15) is 5.69 Å². The van der Waals surface area contributed by atoms with E-state index in [9.17, 15) is 9.59 Å². The molecule has 0 aliphatic heterocycles. The van der Waals surface area contributed by atoms with Gasteiger partial charge in [-0.2, -0.15) is 0 Å². The van der Waals surface area contributed by atoms with E-state index in [1.807, 2.05) is 0 Å². The van der Waals surface area contributed by atoms with Crippen LogP contribution in [0.1, 0.15) is 25.7 Å². The number of hydrogen-bond donors (Lipinski definition) is 2. The SMILES string of the molecule is Cc1sc(-c2ccco2)nc1C(=O)NNC(=O)c1cccnc1. The number of pyridine rings is 1. The fraction of sp³-hybridized carbons (Fsp3) is 0.0667. The number of nitrogens with zero attached hydrogens (tertiary/aromatic N) is 2. The highest BCUT2D eigenvalue weighted by molar-refractivity contribution is 7.15. The van der Waals surface area contributed by atoms with Gasteiger partial charge in [0.2, 0.25) is 0 Å². The molecule has 3 rings (SSSR count). The molecular weight excluding hydrogens is 316 g/mol. The van der Waals surface area contributed by atoms with E-state index < -0.39 is 11.8 Å². The van der Waals surface area contributed by atoms with E-state index in [-0.39, 0.29) is 5.69 Å². The fourth-order valence-corrected chi connectivity index (χ4v) is 2.73. The summed E-state index contributed by atoms with van der Waals surface area (Å²) in [4.78, 5) is 32.8. The molecule has 0 aliphatic rings. The summed E-state index contributed by atoms with van der Waals surface area (Å²) in [5.74, 6) is -0.351. The van der Waals surface area contributed by atoms with Gasteiger partial charge >= 0.3 is 0 Å². The number of hydrogen-bond acceptors (Lipinski definition) is 6. The number of amides is 2. The summed E-state index contributed by atoms with van der Waals surface area (Å²) < 4.78 is 5.26. The van der Waals surface area contributed by atoms with E-state index in [0.29, 0.717) is 16.3 Å².